The van der Waals surface area contributed by atoms with Crippen molar-refractivity contribution in [2.45, 2.75) is 12.6 Å². The second-order valence-electron chi connectivity index (χ2n) is 4.31. The highest BCUT2D eigenvalue weighted by atomic mass is 16.5. The minimum Gasteiger partial charge on any atom is -0.489 e. The van der Waals surface area contributed by atoms with Gasteiger partial charge in [0.05, 0.1) is 7.11 Å². The number of benzene rings is 2. The third kappa shape index (κ3) is 3.36. The molecule has 0 bridgehead atoms. The highest BCUT2D eigenvalue weighted by Gasteiger charge is 2.20. The molecule has 1 atom stereocenters. The first-order valence-electron chi connectivity index (χ1n) is 6.31. The maximum Gasteiger partial charge on any atom is 0.327 e. The molecule has 0 aliphatic rings. The van der Waals surface area contributed by atoms with Crippen molar-refractivity contribution in [3.8, 4) is 5.75 Å². The minimum atomic E-state index is -0.841. The Morgan fingerprint density at radius 3 is 2.45 bits per heavy atom. The van der Waals surface area contributed by atoms with E-state index in [0.717, 1.165) is 5.56 Å². The Bertz CT molecular complexity index is 569. The van der Waals surface area contributed by atoms with Gasteiger partial charge in [0.15, 0.2) is 0 Å². The molecule has 0 saturated heterocycles. The number of rotatable bonds is 5. The molecule has 2 N–H and O–H groups in total. The highest BCUT2D eigenvalue weighted by Crippen LogP contribution is 2.25. The lowest BCUT2D eigenvalue weighted by Gasteiger charge is -2.15. The van der Waals surface area contributed by atoms with Gasteiger partial charge in [0.2, 0.25) is 0 Å². The molecule has 2 aromatic carbocycles. The van der Waals surface area contributed by atoms with E-state index in [-0.39, 0.29) is 0 Å². The lowest BCUT2D eigenvalue weighted by molar-refractivity contribution is -0.142. The molecule has 0 unspecified atom stereocenters. The van der Waals surface area contributed by atoms with Crippen LogP contribution in [-0.4, -0.2) is 13.1 Å². The molecule has 0 amide bonds. The second-order valence-corrected chi connectivity index (χ2v) is 4.31. The second kappa shape index (κ2) is 6.73. The number of ether oxygens (including phenoxy) is 2. The first-order valence-corrected chi connectivity index (χ1v) is 6.31. The molecule has 0 heterocycles. The zero-order valence-corrected chi connectivity index (χ0v) is 11.3. The van der Waals surface area contributed by atoms with Crippen molar-refractivity contribution in [1.29, 1.82) is 0 Å². The van der Waals surface area contributed by atoms with E-state index in [9.17, 15) is 4.79 Å². The quantitative estimate of drug-likeness (QED) is 0.848. The Hall–Kier alpha value is -2.33. The van der Waals surface area contributed by atoms with Gasteiger partial charge in [0.25, 0.3) is 0 Å². The van der Waals surface area contributed by atoms with E-state index in [2.05, 4.69) is 4.74 Å². The monoisotopic (exact) mass is 271 g/mol. The van der Waals surface area contributed by atoms with Crippen molar-refractivity contribution < 1.29 is 14.3 Å². The fourth-order valence-electron chi connectivity index (χ4n) is 1.86. The zero-order chi connectivity index (χ0) is 14.4. The van der Waals surface area contributed by atoms with Crippen molar-refractivity contribution in [3.05, 3.63) is 65.7 Å². The van der Waals surface area contributed by atoms with Crippen molar-refractivity contribution in [3.63, 3.8) is 0 Å². The first-order chi connectivity index (χ1) is 9.72. The molecule has 0 aliphatic carbocycles. The van der Waals surface area contributed by atoms with E-state index < -0.39 is 12.0 Å². The average molecular weight is 271 g/mol. The van der Waals surface area contributed by atoms with E-state index in [0.29, 0.717) is 17.9 Å². The Kier molecular flexibility index (Phi) is 4.74. The van der Waals surface area contributed by atoms with Gasteiger partial charge < -0.3 is 15.2 Å². The summed E-state index contributed by atoms with van der Waals surface area (Å²) in [5, 5.41) is 0. The van der Waals surface area contributed by atoms with Crippen LogP contribution in [0.2, 0.25) is 0 Å². The van der Waals surface area contributed by atoms with Gasteiger partial charge in [-0.15, -0.1) is 0 Å². The molecular formula is C16H17NO3. The van der Waals surface area contributed by atoms with Crippen LogP contribution < -0.4 is 10.5 Å². The van der Waals surface area contributed by atoms with Crippen LogP contribution in [0.3, 0.4) is 0 Å². The van der Waals surface area contributed by atoms with Gasteiger partial charge in [-0.3, -0.25) is 4.79 Å². The Morgan fingerprint density at radius 2 is 1.75 bits per heavy atom. The van der Waals surface area contributed by atoms with Crippen LogP contribution in [0.4, 0.5) is 0 Å². The van der Waals surface area contributed by atoms with Crippen LogP contribution in [0.1, 0.15) is 17.2 Å². The molecule has 0 radical (unpaired) electrons. The summed E-state index contributed by atoms with van der Waals surface area (Å²) in [6, 6.07) is 16.2. The van der Waals surface area contributed by atoms with Gasteiger partial charge in [0.1, 0.15) is 18.4 Å². The Labute approximate surface area is 118 Å². The first kappa shape index (κ1) is 14.1. The maximum absolute atomic E-state index is 11.5. The number of hydrogen-bond acceptors (Lipinski definition) is 4. The summed E-state index contributed by atoms with van der Waals surface area (Å²) in [5.74, 6) is 0.106. The fourth-order valence-corrected chi connectivity index (χ4v) is 1.86. The molecule has 0 aromatic heterocycles. The predicted molar refractivity (Wildman–Crippen MR) is 76.2 cm³/mol. The number of esters is 1. The molecule has 4 nitrogen and oxygen atoms in total. The van der Waals surface area contributed by atoms with Crippen LogP contribution in [0, 0.1) is 0 Å². The number of para-hydroxylation sites is 1. The summed E-state index contributed by atoms with van der Waals surface area (Å²) in [7, 11) is 1.32. The lowest BCUT2D eigenvalue weighted by Crippen LogP contribution is -2.23. The standard InChI is InChI=1S/C16H17NO3/c1-19-16(18)15(17)13-9-5-6-10-14(13)20-11-12-7-3-2-4-8-12/h2-10,15H,11,17H2,1H3/t15-/m0/s1. The van der Waals surface area contributed by atoms with E-state index in [4.69, 9.17) is 10.5 Å². The van der Waals surface area contributed by atoms with Crippen LogP contribution in [0.15, 0.2) is 54.6 Å². The van der Waals surface area contributed by atoms with Gasteiger partial charge in [-0.25, -0.2) is 0 Å². The Morgan fingerprint density at radius 1 is 1.10 bits per heavy atom. The van der Waals surface area contributed by atoms with Crippen molar-refractivity contribution in [2.24, 2.45) is 5.73 Å². The molecule has 4 heteroatoms. The van der Waals surface area contributed by atoms with Gasteiger partial charge in [-0.1, -0.05) is 48.5 Å². The molecule has 20 heavy (non-hydrogen) atoms. The SMILES string of the molecule is COC(=O)[C@@H](N)c1ccccc1OCc1ccccc1. The summed E-state index contributed by atoms with van der Waals surface area (Å²) in [5.41, 5.74) is 7.53. The van der Waals surface area contributed by atoms with E-state index in [1.807, 2.05) is 42.5 Å². The summed E-state index contributed by atoms with van der Waals surface area (Å²) in [6.07, 6.45) is 0. The maximum atomic E-state index is 11.5. The topological polar surface area (TPSA) is 61.5 Å². The van der Waals surface area contributed by atoms with Crippen molar-refractivity contribution >= 4 is 5.97 Å². The van der Waals surface area contributed by atoms with Crippen molar-refractivity contribution in [2.75, 3.05) is 7.11 Å². The lowest BCUT2D eigenvalue weighted by atomic mass is 10.1. The number of nitrogens with two attached hydrogens (primary N) is 1. The molecular weight excluding hydrogens is 254 g/mol. The summed E-state index contributed by atoms with van der Waals surface area (Å²) >= 11 is 0. The van der Waals surface area contributed by atoms with Gasteiger partial charge >= 0.3 is 5.97 Å². The minimum absolute atomic E-state index is 0.422. The van der Waals surface area contributed by atoms with Crippen LogP contribution in [0.25, 0.3) is 0 Å². The third-order valence-corrected chi connectivity index (χ3v) is 2.95. The van der Waals surface area contributed by atoms with E-state index >= 15 is 0 Å². The molecule has 0 saturated carbocycles. The largest absolute Gasteiger partial charge is 0.489 e. The smallest absolute Gasteiger partial charge is 0.327 e. The molecule has 2 rings (SSSR count). The zero-order valence-electron chi connectivity index (χ0n) is 11.3. The fraction of sp³-hybridized carbons (Fsp3) is 0.188. The van der Waals surface area contributed by atoms with Gasteiger partial charge in [-0.2, -0.15) is 0 Å². The van der Waals surface area contributed by atoms with E-state index in [1.165, 1.54) is 7.11 Å². The summed E-state index contributed by atoms with van der Waals surface area (Å²) in [4.78, 5) is 11.5. The molecule has 0 fully saturated rings. The summed E-state index contributed by atoms with van der Waals surface area (Å²) in [6.45, 7) is 0.422. The number of carbonyl (C=O) groups excluding carboxylic acids is 1. The van der Waals surface area contributed by atoms with Crippen molar-refractivity contribution in [1.82, 2.24) is 0 Å². The molecule has 0 spiro atoms. The molecule has 104 valence electrons. The van der Waals surface area contributed by atoms with Gasteiger partial charge in [0, 0.05) is 5.56 Å². The average Bonchev–Trinajstić information content (AvgIpc) is 2.52. The number of methoxy groups -OCH3 is 1. The normalized spacial score (nSPS) is 11.7. The molecule has 0 aliphatic heterocycles. The van der Waals surface area contributed by atoms with Crippen LogP contribution >= 0.6 is 0 Å². The van der Waals surface area contributed by atoms with Gasteiger partial charge in [-0.05, 0) is 11.6 Å². The predicted octanol–water partition coefficient (Wildman–Crippen LogP) is 2.44. The number of hydrogen-bond donors (Lipinski definition) is 1. The van der Waals surface area contributed by atoms with Crippen LogP contribution in [0.5, 0.6) is 5.75 Å². The van der Waals surface area contributed by atoms with Crippen LogP contribution in [-0.2, 0) is 16.1 Å². The highest BCUT2D eigenvalue weighted by molar-refractivity contribution is 5.78. The molecule has 2 aromatic rings. The third-order valence-electron chi connectivity index (χ3n) is 2.95. The Balaban J connectivity index is 2.14. The summed E-state index contributed by atoms with van der Waals surface area (Å²) < 4.78 is 10.4. The van der Waals surface area contributed by atoms with E-state index in [1.54, 1.807) is 12.1 Å². The number of carbonyl (C=O) groups is 1.